The molecule has 0 rings (SSSR count). The third-order valence-electron chi connectivity index (χ3n) is 0.805. The fourth-order valence-electron chi connectivity index (χ4n) is 0.206. The van der Waals surface area contributed by atoms with Gasteiger partial charge in [0, 0.05) is 0 Å². The molecule has 0 spiro atoms. The van der Waals surface area contributed by atoms with Gasteiger partial charge in [-0.1, -0.05) is 0 Å². The number of carboxylic acids is 1. The summed E-state index contributed by atoms with van der Waals surface area (Å²) in [4.78, 5) is 9.86. The number of hydrogen-bond acceptors (Lipinski definition) is 3. The molecule has 2 unspecified atom stereocenters. The molecule has 0 aliphatic heterocycles. The minimum absolute atomic E-state index is 0. The molecule has 0 aromatic heterocycles. The van der Waals surface area contributed by atoms with Crippen LogP contribution < -0.4 is 5.73 Å². The molecule has 0 aromatic carbocycles. The van der Waals surface area contributed by atoms with E-state index >= 15 is 0 Å². The summed E-state index contributed by atoms with van der Waals surface area (Å²) in [6.07, 6.45) is -0.979. The molecule has 0 aliphatic rings. The first-order valence-corrected chi connectivity index (χ1v) is 2.22. The third kappa shape index (κ3) is 12.4. The van der Waals surface area contributed by atoms with E-state index in [-0.39, 0.29) is 88.7 Å². The summed E-state index contributed by atoms with van der Waals surface area (Å²) in [7, 11) is 0. The molecule has 0 saturated heterocycles. The summed E-state index contributed by atoms with van der Waals surface area (Å²) in [6, 6.07) is -1.16. The SMILES string of the molecule is CC(O)C(N)C(=O)O.[NaH].[NaH].[NaH]. The second-order valence-corrected chi connectivity index (χ2v) is 1.60. The summed E-state index contributed by atoms with van der Waals surface area (Å²) in [6.45, 7) is 1.33. The first-order valence-electron chi connectivity index (χ1n) is 2.22. The second kappa shape index (κ2) is 12.4. The Morgan fingerprint density at radius 3 is 1.64 bits per heavy atom. The van der Waals surface area contributed by atoms with Crippen molar-refractivity contribution in [2.75, 3.05) is 0 Å². The van der Waals surface area contributed by atoms with Crippen LogP contribution in [-0.4, -0.2) is 117 Å². The van der Waals surface area contributed by atoms with Crippen molar-refractivity contribution in [2.24, 2.45) is 5.73 Å². The number of nitrogens with two attached hydrogens (primary N) is 1. The van der Waals surface area contributed by atoms with Gasteiger partial charge >= 0.3 is 94.6 Å². The van der Waals surface area contributed by atoms with Gasteiger partial charge in [-0.15, -0.1) is 0 Å². The maximum atomic E-state index is 9.86. The maximum absolute atomic E-state index is 9.86. The van der Waals surface area contributed by atoms with Gasteiger partial charge < -0.3 is 15.9 Å². The Morgan fingerprint density at radius 2 is 1.64 bits per heavy atom. The number of aliphatic carboxylic acids is 1. The van der Waals surface area contributed by atoms with E-state index in [9.17, 15) is 4.79 Å². The molecule has 0 saturated carbocycles. The van der Waals surface area contributed by atoms with E-state index in [0.717, 1.165) is 0 Å². The normalized spacial score (nSPS) is 12.6. The Labute approximate surface area is 132 Å². The van der Waals surface area contributed by atoms with Crippen LogP contribution in [0.15, 0.2) is 0 Å². The Morgan fingerprint density at radius 1 is 1.36 bits per heavy atom. The van der Waals surface area contributed by atoms with E-state index < -0.39 is 18.1 Å². The molecular formula is C4H12NNa3O3. The molecule has 0 radical (unpaired) electrons. The van der Waals surface area contributed by atoms with Gasteiger partial charge in [0.15, 0.2) is 0 Å². The zero-order valence-electron chi connectivity index (χ0n) is 4.53. The molecule has 7 heteroatoms. The first-order chi connectivity index (χ1) is 3.55. The van der Waals surface area contributed by atoms with Gasteiger partial charge in [0.1, 0.15) is 6.04 Å². The molecular weight excluding hydrogens is 179 g/mol. The van der Waals surface area contributed by atoms with Crippen LogP contribution in [0.5, 0.6) is 0 Å². The zero-order valence-corrected chi connectivity index (χ0v) is 4.53. The van der Waals surface area contributed by atoms with Crippen molar-refractivity contribution in [1.29, 1.82) is 0 Å². The van der Waals surface area contributed by atoms with Crippen LogP contribution in [0.2, 0.25) is 0 Å². The monoisotopic (exact) mass is 191 g/mol. The van der Waals surface area contributed by atoms with Crippen molar-refractivity contribution in [3.05, 3.63) is 0 Å². The second-order valence-electron chi connectivity index (χ2n) is 1.60. The van der Waals surface area contributed by atoms with Gasteiger partial charge in [-0.25, -0.2) is 0 Å². The fourth-order valence-corrected chi connectivity index (χ4v) is 0.206. The predicted molar refractivity (Wildman–Crippen MR) is 48.7 cm³/mol. The number of aliphatic hydroxyl groups excluding tert-OH is 1. The van der Waals surface area contributed by atoms with Crippen molar-refractivity contribution in [3.63, 3.8) is 0 Å². The van der Waals surface area contributed by atoms with Crippen LogP contribution in [-0.2, 0) is 4.79 Å². The van der Waals surface area contributed by atoms with Crippen LogP contribution in [0.1, 0.15) is 6.92 Å². The standard InChI is InChI=1S/C4H9NO3.3Na.3H/c1-2(6)3(5)4(7)8;;;;;;/h2-3,6H,5H2,1H3,(H,7,8);;;;;;. The molecule has 54 valence electrons. The van der Waals surface area contributed by atoms with Gasteiger partial charge in [0.2, 0.25) is 0 Å². The molecule has 0 aliphatic carbocycles. The van der Waals surface area contributed by atoms with Crippen molar-refractivity contribution in [2.45, 2.75) is 19.1 Å². The summed E-state index contributed by atoms with van der Waals surface area (Å²) in [5, 5.41) is 16.6. The Kier molecular flexibility index (Phi) is 26.3. The molecule has 0 aromatic rings. The van der Waals surface area contributed by atoms with E-state index in [1.807, 2.05) is 0 Å². The topological polar surface area (TPSA) is 83.5 Å². The van der Waals surface area contributed by atoms with E-state index in [1.54, 1.807) is 0 Å². The van der Waals surface area contributed by atoms with Crippen molar-refractivity contribution in [3.8, 4) is 0 Å². The van der Waals surface area contributed by atoms with Gasteiger partial charge in [0.25, 0.3) is 0 Å². The van der Waals surface area contributed by atoms with E-state index in [0.29, 0.717) is 0 Å². The molecule has 0 heterocycles. The average Bonchev–Trinajstić information content (AvgIpc) is 1.64. The van der Waals surface area contributed by atoms with E-state index in [4.69, 9.17) is 15.9 Å². The van der Waals surface area contributed by atoms with Crippen LogP contribution >= 0.6 is 0 Å². The van der Waals surface area contributed by atoms with Crippen LogP contribution in [0.25, 0.3) is 0 Å². The molecule has 2 atom stereocenters. The van der Waals surface area contributed by atoms with Crippen LogP contribution in [0, 0.1) is 0 Å². The summed E-state index contributed by atoms with van der Waals surface area (Å²) in [5.41, 5.74) is 4.91. The minimum atomic E-state index is -1.18. The van der Waals surface area contributed by atoms with Gasteiger partial charge in [-0.05, 0) is 6.92 Å². The number of carboxylic acid groups (broad SMARTS) is 1. The summed E-state index contributed by atoms with van der Waals surface area (Å²) >= 11 is 0. The number of aliphatic hydroxyl groups is 1. The average molecular weight is 191 g/mol. The van der Waals surface area contributed by atoms with Crippen molar-refractivity contribution in [1.82, 2.24) is 0 Å². The van der Waals surface area contributed by atoms with E-state index in [2.05, 4.69) is 0 Å². The van der Waals surface area contributed by atoms with Crippen LogP contribution in [0.4, 0.5) is 0 Å². The number of hydrogen-bond donors (Lipinski definition) is 3. The Balaban J connectivity index is -0.0000000817. The molecule has 0 bridgehead atoms. The Hall–Kier alpha value is 2.39. The van der Waals surface area contributed by atoms with Gasteiger partial charge in [0.05, 0.1) is 6.10 Å². The molecule has 0 amide bonds. The number of carbonyl (C=O) groups is 1. The van der Waals surface area contributed by atoms with Crippen molar-refractivity contribution >= 4 is 94.6 Å². The first kappa shape index (κ1) is 23.3. The third-order valence-corrected chi connectivity index (χ3v) is 0.805. The predicted octanol–water partition coefficient (Wildman–Crippen LogP) is -3.17. The number of rotatable bonds is 2. The quantitative estimate of drug-likeness (QED) is 0.402. The fraction of sp³-hybridized carbons (Fsp3) is 0.750. The van der Waals surface area contributed by atoms with Gasteiger partial charge in [-0.2, -0.15) is 0 Å². The van der Waals surface area contributed by atoms with E-state index in [1.165, 1.54) is 6.92 Å². The van der Waals surface area contributed by atoms with Crippen molar-refractivity contribution < 1.29 is 15.0 Å². The van der Waals surface area contributed by atoms with Crippen LogP contribution in [0.3, 0.4) is 0 Å². The molecule has 4 nitrogen and oxygen atoms in total. The molecule has 4 N–H and O–H groups in total. The molecule has 11 heavy (non-hydrogen) atoms. The molecule has 0 fully saturated rings. The zero-order chi connectivity index (χ0) is 6.73. The van der Waals surface area contributed by atoms with Gasteiger partial charge in [-0.3, -0.25) is 4.79 Å². The summed E-state index contributed by atoms with van der Waals surface area (Å²) in [5.74, 6) is -1.18. The Bertz CT molecular complexity index is 101. The summed E-state index contributed by atoms with van der Waals surface area (Å²) < 4.78 is 0.